The number of piperidine rings is 2. The molecule has 4 aliphatic heterocycles. The van der Waals surface area contributed by atoms with E-state index in [0.717, 1.165) is 74.1 Å². The molecule has 1 spiro atoms. The van der Waals surface area contributed by atoms with Crippen molar-refractivity contribution >= 4 is 17.2 Å². The molecule has 0 saturated carbocycles. The SMILES string of the molecule is Cc1cc2nccn2cc1N1CCC(CN2CCC3(CC2)COc2c3ccc3c2CN(C)C3=O)CC1. The monoisotopic (exact) mass is 485 g/mol. The van der Waals surface area contributed by atoms with Crippen molar-refractivity contribution in [3.63, 3.8) is 0 Å². The molecule has 0 N–H and O–H groups in total. The van der Waals surface area contributed by atoms with E-state index in [0.29, 0.717) is 6.54 Å². The maximum absolute atomic E-state index is 12.4. The zero-order valence-corrected chi connectivity index (χ0v) is 21.4. The Morgan fingerprint density at radius 1 is 1.14 bits per heavy atom. The number of benzene rings is 1. The molecule has 0 radical (unpaired) electrons. The molecule has 0 atom stereocenters. The van der Waals surface area contributed by atoms with Crippen LogP contribution in [0.2, 0.25) is 0 Å². The van der Waals surface area contributed by atoms with Crippen molar-refractivity contribution in [3.05, 3.63) is 59.0 Å². The number of imidazole rings is 1. The van der Waals surface area contributed by atoms with E-state index in [2.05, 4.69) is 44.4 Å². The Balaban J connectivity index is 0.972. The van der Waals surface area contributed by atoms with Crippen molar-refractivity contribution in [2.45, 2.75) is 44.6 Å². The number of carbonyl (C=O) groups is 1. The number of nitrogens with zero attached hydrogens (tertiary/aromatic N) is 5. The van der Waals surface area contributed by atoms with Crippen molar-refractivity contribution in [3.8, 4) is 5.75 Å². The summed E-state index contributed by atoms with van der Waals surface area (Å²) in [6, 6.07) is 6.43. The number of carbonyl (C=O) groups excluding carboxylic acids is 1. The third kappa shape index (κ3) is 3.43. The van der Waals surface area contributed by atoms with Gasteiger partial charge in [0, 0.05) is 67.4 Å². The highest BCUT2D eigenvalue weighted by molar-refractivity contribution is 5.99. The first-order valence-corrected chi connectivity index (χ1v) is 13.5. The Morgan fingerprint density at radius 2 is 1.94 bits per heavy atom. The third-order valence-corrected chi connectivity index (χ3v) is 9.29. The molecule has 4 aliphatic rings. The molecule has 7 heteroatoms. The Morgan fingerprint density at radius 3 is 2.75 bits per heavy atom. The maximum Gasteiger partial charge on any atom is 0.254 e. The van der Waals surface area contributed by atoms with E-state index < -0.39 is 0 Å². The van der Waals surface area contributed by atoms with Crippen LogP contribution in [0.4, 0.5) is 5.69 Å². The van der Waals surface area contributed by atoms with Crippen molar-refractivity contribution in [2.75, 3.05) is 51.3 Å². The molecule has 0 aliphatic carbocycles. The number of ether oxygens (including phenoxy) is 1. The molecule has 2 fully saturated rings. The van der Waals surface area contributed by atoms with Gasteiger partial charge in [0.05, 0.1) is 18.8 Å². The molecule has 3 aromatic rings. The number of rotatable bonds is 3. The quantitative estimate of drug-likeness (QED) is 0.564. The van der Waals surface area contributed by atoms with Gasteiger partial charge in [-0.2, -0.15) is 0 Å². The number of pyridine rings is 1. The molecule has 188 valence electrons. The topological polar surface area (TPSA) is 53.3 Å². The Hall–Kier alpha value is -3.06. The molecule has 36 heavy (non-hydrogen) atoms. The minimum absolute atomic E-state index is 0.121. The van der Waals surface area contributed by atoms with E-state index in [9.17, 15) is 4.79 Å². The fraction of sp³-hybridized carbons (Fsp3) is 0.517. The van der Waals surface area contributed by atoms with Crippen molar-refractivity contribution in [1.29, 1.82) is 0 Å². The standard InChI is InChI=1S/C29H35N5O2/c1-20-15-26-30-9-14-34(26)18-25(20)33-10-5-21(6-11-33)16-32-12-7-29(8-13-32)19-36-27-23-17-31(2)28(35)22(23)3-4-24(27)29/h3-4,9,14-15,18,21H,5-8,10-13,16-17,19H2,1-2H3. The lowest BCUT2D eigenvalue weighted by atomic mass is 9.73. The number of hydrogen-bond acceptors (Lipinski definition) is 5. The smallest absolute Gasteiger partial charge is 0.254 e. The van der Waals surface area contributed by atoms with Crippen molar-refractivity contribution < 1.29 is 9.53 Å². The lowest BCUT2D eigenvalue weighted by Gasteiger charge is -2.41. The van der Waals surface area contributed by atoms with Gasteiger partial charge in [0.15, 0.2) is 0 Å². The summed E-state index contributed by atoms with van der Waals surface area (Å²) in [4.78, 5) is 23.9. The number of anilines is 1. The van der Waals surface area contributed by atoms with Gasteiger partial charge >= 0.3 is 0 Å². The molecule has 1 aromatic carbocycles. The second-order valence-electron chi connectivity index (χ2n) is 11.5. The van der Waals surface area contributed by atoms with Crippen molar-refractivity contribution in [2.24, 2.45) is 5.92 Å². The average molecular weight is 486 g/mol. The predicted octanol–water partition coefficient (Wildman–Crippen LogP) is 3.87. The molecule has 2 saturated heterocycles. The van der Waals surface area contributed by atoms with Crippen LogP contribution in [0.15, 0.2) is 36.8 Å². The molecule has 6 heterocycles. The zero-order chi connectivity index (χ0) is 24.4. The summed E-state index contributed by atoms with van der Waals surface area (Å²) < 4.78 is 8.43. The molecule has 2 aromatic heterocycles. The second kappa shape index (κ2) is 8.23. The Kier molecular flexibility index (Phi) is 5.07. The summed E-state index contributed by atoms with van der Waals surface area (Å²) >= 11 is 0. The lowest BCUT2D eigenvalue weighted by molar-refractivity contribution is 0.0816. The highest BCUT2D eigenvalue weighted by Gasteiger charge is 2.45. The molecule has 0 bridgehead atoms. The van der Waals surface area contributed by atoms with E-state index in [4.69, 9.17) is 4.74 Å². The summed E-state index contributed by atoms with van der Waals surface area (Å²) in [5, 5.41) is 0. The van der Waals surface area contributed by atoms with Crippen LogP contribution >= 0.6 is 0 Å². The molecular weight excluding hydrogens is 450 g/mol. The predicted molar refractivity (Wildman–Crippen MR) is 140 cm³/mol. The van der Waals surface area contributed by atoms with Gasteiger partial charge in [0.2, 0.25) is 0 Å². The fourth-order valence-corrected chi connectivity index (χ4v) is 7.05. The van der Waals surface area contributed by atoms with E-state index in [-0.39, 0.29) is 11.3 Å². The summed E-state index contributed by atoms with van der Waals surface area (Å²) in [7, 11) is 1.88. The number of aryl methyl sites for hydroxylation is 1. The third-order valence-electron chi connectivity index (χ3n) is 9.29. The maximum atomic E-state index is 12.4. The van der Waals surface area contributed by atoms with Crippen LogP contribution in [-0.4, -0.2) is 71.5 Å². The normalized spacial score (nSPS) is 21.9. The largest absolute Gasteiger partial charge is 0.492 e. The molecule has 7 rings (SSSR count). The van der Waals surface area contributed by atoms with Gasteiger partial charge in [-0.3, -0.25) is 4.79 Å². The van der Waals surface area contributed by atoms with Crippen LogP contribution in [0.3, 0.4) is 0 Å². The average Bonchev–Trinajstić information content (AvgIpc) is 3.57. The van der Waals surface area contributed by atoms with Gasteiger partial charge in [0.25, 0.3) is 5.91 Å². The van der Waals surface area contributed by atoms with E-state index in [1.807, 2.05) is 25.5 Å². The summed E-state index contributed by atoms with van der Waals surface area (Å²) in [6.07, 6.45) is 10.9. The van der Waals surface area contributed by atoms with E-state index >= 15 is 0 Å². The number of likely N-dealkylation sites (tertiary alicyclic amines) is 1. The number of hydrogen-bond donors (Lipinski definition) is 0. The van der Waals surface area contributed by atoms with Gasteiger partial charge in [-0.05, 0) is 69.3 Å². The number of fused-ring (bicyclic) bond motifs is 5. The van der Waals surface area contributed by atoms with Crippen LogP contribution in [-0.2, 0) is 12.0 Å². The van der Waals surface area contributed by atoms with Gasteiger partial charge in [-0.15, -0.1) is 0 Å². The minimum Gasteiger partial charge on any atom is -0.492 e. The molecule has 0 unspecified atom stereocenters. The second-order valence-corrected chi connectivity index (χ2v) is 11.5. The lowest BCUT2D eigenvalue weighted by Crippen LogP contribution is -2.46. The van der Waals surface area contributed by atoms with Crippen LogP contribution in [0.5, 0.6) is 5.75 Å². The van der Waals surface area contributed by atoms with Crippen LogP contribution in [0, 0.1) is 12.8 Å². The van der Waals surface area contributed by atoms with Gasteiger partial charge in [0.1, 0.15) is 11.4 Å². The van der Waals surface area contributed by atoms with Gasteiger partial charge in [-0.25, -0.2) is 4.98 Å². The first-order chi connectivity index (χ1) is 17.5. The van der Waals surface area contributed by atoms with Gasteiger partial charge < -0.3 is 23.8 Å². The molecular formula is C29H35N5O2. The minimum atomic E-state index is 0.121. The molecule has 1 amide bonds. The van der Waals surface area contributed by atoms with Crippen LogP contribution < -0.4 is 9.64 Å². The highest BCUT2D eigenvalue weighted by Crippen LogP contribution is 2.49. The van der Waals surface area contributed by atoms with Crippen LogP contribution in [0.1, 0.15) is 52.7 Å². The first kappa shape index (κ1) is 22.2. The summed E-state index contributed by atoms with van der Waals surface area (Å²) in [5.74, 6) is 1.90. The summed E-state index contributed by atoms with van der Waals surface area (Å²) in [5.41, 5.74) is 7.09. The number of amides is 1. The highest BCUT2D eigenvalue weighted by atomic mass is 16.5. The van der Waals surface area contributed by atoms with Gasteiger partial charge in [-0.1, -0.05) is 6.07 Å². The summed E-state index contributed by atoms with van der Waals surface area (Å²) in [6.45, 7) is 9.38. The van der Waals surface area contributed by atoms with Crippen molar-refractivity contribution in [1.82, 2.24) is 19.2 Å². The molecule has 7 nitrogen and oxygen atoms in total. The van der Waals surface area contributed by atoms with E-state index in [1.54, 1.807) is 4.90 Å². The first-order valence-electron chi connectivity index (χ1n) is 13.5. The Bertz CT molecular complexity index is 1330. The van der Waals surface area contributed by atoms with E-state index in [1.165, 1.54) is 36.2 Å². The fourth-order valence-electron chi connectivity index (χ4n) is 7.05. The zero-order valence-electron chi connectivity index (χ0n) is 21.4. The van der Waals surface area contributed by atoms with Crippen LogP contribution in [0.25, 0.3) is 5.65 Å². The number of aromatic nitrogens is 2. The Labute approximate surface area is 212 Å².